The van der Waals surface area contributed by atoms with Gasteiger partial charge in [-0.25, -0.2) is 4.98 Å². The molecule has 0 aliphatic rings. The molecule has 0 unspecified atom stereocenters. The summed E-state index contributed by atoms with van der Waals surface area (Å²) in [6, 6.07) is 6.80. The van der Waals surface area contributed by atoms with Crippen molar-refractivity contribution in [1.29, 1.82) is 0 Å². The second-order valence-electron chi connectivity index (χ2n) is 5.37. The Morgan fingerprint density at radius 3 is 2.46 bits per heavy atom. The molecule has 5 N–H and O–H groups in total. The minimum atomic E-state index is -0.577. The SMILES string of the molecule is CC(C)CO.Nc1ccnc(N)c1C(=O)c1cccc([N+](=O)[O-])c1. The molecule has 1 aromatic carbocycles. The number of nitrogens with zero attached hydrogens (tertiary/aromatic N) is 2. The number of ketones is 1. The molecule has 2 rings (SSSR count). The molecule has 0 spiro atoms. The number of benzene rings is 1. The van der Waals surface area contributed by atoms with E-state index in [2.05, 4.69) is 4.98 Å². The lowest BCUT2D eigenvalue weighted by atomic mass is 10.0. The molecule has 0 radical (unpaired) electrons. The third kappa shape index (κ3) is 5.03. The van der Waals surface area contributed by atoms with Gasteiger partial charge in [-0.15, -0.1) is 0 Å². The van der Waals surface area contributed by atoms with Crippen LogP contribution >= 0.6 is 0 Å². The largest absolute Gasteiger partial charge is 0.398 e. The van der Waals surface area contributed by atoms with Crippen LogP contribution in [-0.2, 0) is 0 Å². The van der Waals surface area contributed by atoms with E-state index in [0.29, 0.717) is 12.5 Å². The van der Waals surface area contributed by atoms with Crippen molar-refractivity contribution in [3.05, 3.63) is 57.8 Å². The fourth-order valence-electron chi connectivity index (χ4n) is 1.65. The van der Waals surface area contributed by atoms with Crippen LogP contribution in [0.15, 0.2) is 36.5 Å². The van der Waals surface area contributed by atoms with Crippen LogP contribution in [0.4, 0.5) is 17.2 Å². The van der Waals surface area contributed by atoms with E-state index in [1.807, 2.05) is 13.8 Å². The molecule has 0 atom stereocenters. The number of anilines is 2. The molecule has 0 aliphatic carbocycles. The molecule has 1 aromatic heterocycles. The summed E-state index contributed by atoms with van der Waals surface area (Å²) in [6.45, 7) is 4.25. The monoisotopic (exact) mass is 332 g/mol. The molecule has 8 heteroatoms. The average Bonchev–Trinajstić information content (AvgIpc) is 2.55. The Morgan fingerprint density at radius 1 is 1.33 bits per heavy atom. The van der Waals surface area contributed by atoms with Crippen molar-refractivity contribution < 1.29 is 14.8 Å². The Hall–Kier alpha value is -3.00. The lowest BCUT2D eigenvalue weighted by Gasteiger charge is -2.06. The van der Waals surface area contributed by atoms with Crippen molar-refractivity contribution in [2.24, 2.45) is 5.92 Å². The smallest absolute Gasteiger partial charge is 0.270 e. The Kier molecular flexibility index (Phi) is 6.81. The Balaban J connectivity index is 0.000000505. The maximum absolute atomic E-state index is 12.2. The quantitative estimate of drug-likeness (QED) is 0.441. The number of aromatic nitrogens is 1. The number of pyridine rings is 1. The highest BCUT2D eigenvalue weighted by Crippen LogP contribution is 2.22. The van der Waals surface area contributed by atoms with Crippen LogP contribution < -0.4 is 11.5 Å². The predicted molar refractivity (Wildman–Crippen MR) is 91.5 cm³/mol. The summed E-state index contributed by atoms with van der Waals surface area (Å²) >= 11 is 0. The minimum absolute atomic E-state index is 0.00324. The van der Waals surface area contributed by atoms with Gasteiger partial charge in [-0.3, -0.25) is 14.9 Å². The maximum atomic E-state index is 12.2. The van der Waals surface area contributed by atoms with E-state index in [9.17, 15) is 14.9 Å². The standard InChI is InChI=1S/C12H10N4O3.C4H10O/c13-9-4-5-15-12(14)10(9)11(17)7-2-1-3-8(6-7)16(18)19;1-4(2)3-5/h1-6H,(H4,13,14,15);4-5H,3H2,1-2H3. The summed E-state index contributed by atoms with van der Waals surface area (Å²) in [5.74, 6) is -0.0571. The summed E-state index contributed by atoms with van der Waals surface area (Å²) in [4.78, 5) is 26.1. The number of nitro benzene ring substituents is 1. The van der Waals surface area contributed by atoms with Gasteiger partial charge in [0.15, 0.2) is 5.78 Å². The number of carbonyl (C=O) groups excluding carboxylic acids is 1. The molecule has 8 nitrogen and oxygen atoms in total. The minimum Gasteiger partial charge on any atom is -0.398 e. The second kappa shape index (κ2) is 8.59. The van der Waals surface area contributed by atoms with E-state index in [1.165, 1.54) is 36.5 Å². The topological polar surface area (TPSA) is 145 Å². The van der Waals surface area contributed by atoms with E-state index in [1.54, 1.807) is 0 Å². The molecule has 24 heavy (non-hydrogen) atoms. The van der Waals surface area contributed by atoms with Gasteiger partial charge in [0.2, 0.25) is 0 Å². The molecular weight excluding hydrogens is 312 g/mol. The maximum Gasteiger partial charge on any atom is 0.270 e. The number of aliphatic hydroxyl groups is 1. The van der Waals surface area contributed by atoms with E-state index < -0.39 is 10.7 Å². The highest BCUT2D eigenvalue weighted by molar-refractivity contribution is 6.15. The van der Waals surface area contributed by atoms with E-state index >= 15 is 0 Å². The van der Waals surface area contributed by atoms with Crippen molar-refractivity contribution in [2.75, 3.05) is 18.1 Å². The lowest BCUT2D eigenvalue weighted by Crippen LogP contribution is -2.10. The second-order valence-corrected chi connectivity index (χ2v) is 5.37. The van der Waals surface area contributed by atoms with Crippen LogP contribution in [0.1, 0.15) is 29.8 Å². The molecule has 2 aromatic rings. The average molecular weight is 332 g/mol. The molecule has 128 valence electrons. The van der Waals surface area contributed by atoms with Crippen LogP contribution in [0, 0.1) is 16.0 Å². The van der Waals surface area contributed by atoms with Gasteiger partial charge < -0.3 is 16.6 Å². The number of nitrogen functional groups attached to an aromatic ring is 2. The molecule has 1 heterocycles. The molecule has 0 bridgehead atoms. The highest BCUT2D eigenvalue weighted by atomic mass is 16.6. The van der Waals surface area contributed by atoms with Crippen molar-refractivity contribution in [2.45, 2.75) is 13.8 Å². The van der Waals surface area contributed by atoms with Crippen LogP contribution in [0.2, 0.25) is 0 Å². The molecule has 0 aliphatic heterocycles. The molecular formula is C16H20N4O4. The number of nitrogens with two attached hydrogens (primary N) is 2. The van der Waals surface area contributed by atoms with E-state index in [4.69, 9.17) is 16.6 Å². The van der Waals surface area contributed by atoms with Gasteiger partial charge in [-0.05, 0) is 12.0 Å². The summed E-state index contributed by atoms with van der Waals surface area (Å²) in [6.07, 6.45) is 1.38. The fraction of sp³-hybridized carbons (Fsp3) is 0.250. The van der Waals surface area contributed by atoms with Gasteiger partial charge in [0.05, 0.1) is 10.5 Å². The number of rotatable bonds is 4. The first-order valence-corrected chi connectivity index (χ1v) is 7.17. The van der Waals surface area contributed by atoms with Crippen LogP contribution in [0.3, 0.4) is 0 Å². The summed E-state index contributed by atoms with van der Waals surface area (Å²) in [5.41, 5.74) is 11.5. The first kappa shape index (κ1) is 19.0. The van der Waals surface area contributed by atoms with Gasteiger partial charge in [0.1, 0.15) is 5.82 Å². The first-order valence-electron chi connectivity index (χ1n) is 7.17. The van der Waals surface area contributed by atoms with Crippen LogP contribution in [0.5, 0.6) is 0 Å². The third-order valence-corrected chi connectivity index (χ3v) is 2.92. The fourth-order valence-corrected chi connectivity index (χ4v) is 1.65. The normalized spacial score (nSPS) is 10.0. The zero-order chi connectivity index (χ0) is 18.3. The van der Waals surface area contributed by atoms with Crippen molar-refractivity contribution >= 4 is 23.0 Å². The zero-order valence-corrected chi connectivity index (χ0v) is 13.5. The highest BCUT2D eigenvalue weighted by Gasteiger charge is 2.18. The number of hydrogen-bond acceptors (Lipinski definition) is 7. The van der Waals surface area contributed by atoms with E-state index in [-0.39, 0.29) is 28.3 Å². The molecule has 0 saturated heterocycles. The van der Waals surface area contributed by atoms with Crippen molar-refractivity contribution in [1.82, 2.24) is 4.98 Å². The lowest BCUT2D eigenvalue weighted by molar-refractivity contribution is -0.384. The molecule has 0 fully saturated rings. The number of nitro groups is 1. The third-order valence-electron chi connectivity index (χ3n) is 2.92. The van der Waals surface area contributed by atoms with Gasteiger partial charge in [-0.2, -0.15) is 0 Å². The molecule has 0 saturated carbocycles. The summed E-state index contributed by atoms with van der Waals surface area (Å²) in [7, 11) is 0. The molecule has 0 amide bonds. The number of carbonyl (C=O) groups is 1. The Labute approximate surface area is 139 Å². The number of aliphatic hydroxyl groups excluding tert-OH is 1. The van der Waals surface area contributed by atoms with Crippen LogP contribution in [0.25, 0.3) is 0 Å². The van der Waals surface area contributed by atoms with Gasteiger partial charge in [0, 0.05) is 36.2 Å². The Bertz CT molecular complexity index is 712. The van der Waals surface area contributed by atoms with Gasteiger partial charge >= 0.3 is 0 Å². The first-order chi connectivity index (χ1) is 11.3. The van der Waals surface area contributed by atoms with Crippen molar-refractivity contribution in [3.8, 4) is 0 Å². The zero-order valence-electron chi connectivity index (χ0n) is 13.5. The van der Waals surface area contributed by atoms with Crippen LogP contribution in [-0.4, -0.2) is 27.4 Å². The van der Waals surface area contributed by atoms with Gasteiger partial charge in [0.25, 0.3) is 5.69 Å². The summed E-state index contributed by atoms with van der Waals surface area (Å²) < 4.78 is 0. The Morgan fingerprint density at radius 2 is 1.96 bits per heavy atom. The van der Waals surface area contributed by atoms with Crippen molar-refractivity contribution in [3.63, 3.8) is 0 Å². The number of hydrogen-bond donors (Lipinski definition) is 3. The van der Waals surface area contributed by atoms with Gasteiger partial charge in [-0.1, -0.05) is 26.0 Å². The van der Waals surface area contributed by atoms with E-state index in [0.717, 1.165) is 0 Å². The summed E-state index contributed by atoms with van der Waals surface area (Å²) in [5, 5.41) is 18.8. The predicted octanol–water partition coefficient (Wildman–Crippen LogP) is 2.02. The number of non-ortho nitro benzene ring substituents is 1.